The summed E-state index contributed by atoms with van der Waals surface area (Å²) in [6.07, 6.45) is 0.702. The van der Waals surface area contributed by atoms with Gasteiger partial charge in [0.25, 0.3) is 0 Å². The van der Waals surface area contributed by atoms with E-state index in [2.05, 4.69) is 4.74 Å². The van der Waals surface area contributed by atoms with Crippen LogP contribution in [-0.4, -0.2) is 18.7 Å². The third-order valence-corrected chi connectivity index (χ3v) is 2.00. The highest BCUT2D eigenvalue weighted by atomic mass is 19.3. The van der Waals surface area contributed by atoms with Gasteiger partial charge in [-0.15, -0.1) is 0 Å². The monoisotopic (exact) mass is 228 g/mol. The first-order valence-electron chi connectivity index (χ1n) is 4.65. The minimum Gasteiger partial charge on any atom is -0.435 e. The quantitative estimate of drug-likeness (QED) is 0.574. The Morgan fingerprint density at radius 3 is 2.69 bits per heavy atom. The minimum absolute atomic E-state index is 0.107. The average Bonchev–Trinajstić information content (AvgIpc) is 2.27. The highest BCUT2D eigenvalue weighted by molar-refractivity contribution is 6.02. The molecular formula is C11H10F2O3. The zero-order valence-corrected chi connectivity index (χ0v) is 8.57. The van der Waals surface area contributed by atoms with Gasteiger partial charge in [-0.2, -0.15) is 8.78 Å². The van der Waals surface area contributed by atoms with Crippen molar-refractivity contribution in [2.75, 3.05) is 0 Å². The largest absolute Gasteiger partial charge is 0.435 e. The molecule has 0 heterocycles. The van der Waals surface area contributed by atoms with E-state index in [0.717, 1.165) is 6.07 Å². The van der Waals surface area contributed by atoms with Gasteiger partial charge in [0.05, 0.1) is 0 Å². The third-order valence-electron chi connectivity index (χ3n) is 2.00. The Hall–Kier alpha value is -1.78. The molecule has 0 aromatic heterocycles. The SMILES string of the molecule is CCC(=O)c1cc(OC(F)F)ccc1C=O. The van der Waals surface area contributed by atoms with E-state index < -0.39 is 6.61 Å². The van der Waals surface area contributed by atoms with Crippen LogP contribution in [0.3, 0.4) is 0 Å². The van der Waals surface area contributed by atoms with Crippen LogP contribution in [0.2, 0.25) is 0 Å². The number of alkyl halides is 2. The van der Waals surface area contributed by atoms with Crippen molar-refractivity contribution in [2.45, 2.75) is 20.0 Å². The molecule has 0 radical (unpaired) electrons. The molecule has 0 bridgehead atoms. The van der Waals surface area contributed by atoms with Gasteiger partial charge in [0.15, 0.2) is 12.1 Å². The molecule has 0 unspecified atom stereocenters. The highest BCUT2D eigenvalue weighted by Gasteiger charge is 2.12. The number of benzene rings is 1. The molecule has 0 amide bonds. The molecule has 0 saturated heterocycles. The molecule has 0 aliphatic rings. The van der Waals surface area contributed by atoms with Crippen LogP contribution in [0, 0.1) is 0 Å². The number of hydrogen-bond donors (Lipinski definition) is 0. The van der Waals surface area contributed by atoms with Crippen molar-refractivity contribution < 1.29 is 23.1 Å². The third kappa shape index (κ3) is 2.85. The summed E-state index contributed by atoms with van der Waals surface area (Å²) >= 11 is 0. The molecule has 0 aliphatic heterocycles. The Labute approximate surface area is 91.0 Å². The second-order valence-electron chi connectivity index (χ2n) is 3.02. The molecule has 3 nitrogen and oxygen atoms in total. The predicted molar refractivity (Wildman–Crippen MR) is 53.1 cm³/mol. The molecule has 5 heteroatoms. The first-order chi connectivity index (χ1) is 7.58. The van der Waals surface area contributed by atoms with Gasteiger partial charge in [-0.3, -0.25) is 9.59 Å². The number of rotatable bonds is 5. The molecule has 86 valence electrons. The molecule has 0 N–H and O–H groups in total. The fraction of sp³-hybridized carbons (Fsp3) is 0.273. The normalized spacial score (nSPS) is 10.2. The summed E-state index contributed by atoms with van der Waals surface area (Å²) in [7, 11) is 0. The lowest BCUT2D eigenvalue weighted by atomic mass is 10.0. The molecule has 16 heavy (non-hydrogen) atoms. The van der Waals surface area contributed by atoms with E-state index in [9.17, 15) is 18.4 Å². The maximum absolute atomic E-state index is 11.9. The van der Waals surface area contributed by atoms with E-state index in [4.69, 9.17) is 0 Å². The van der Waals surface area contributed by atoms with Crippen molar-refractivity contribution in [2.24, 2.45) is 0 Å². The number of ether oxygens (including phenoxy) is 1. The first kappa shape index (κ1) is 12.3. The molecule has 0 spiro atoms. The number of halogens is 2. The van der Waals surface area contributed by atoms with Crippen molar-refractivity contribution in [1.82, 2.24) is 0 Å². The van der Waals surface area contributed by atoms with Gasteiger partial charge in [-0.25, -0.2) is 0 Å². The molecule has 0 atom stereocenters. The van der Waals surface area contributed by atoms with E-state index in [1.807, 2.05) is 0 Å². The van der Waals surface area contributed by atoms with E-state index in [0.29, 0.717) is 6.29 Å². The molecule has 1 aromatic carbocycles. The molecule has 0 saturated carbocycles. The van der Waals surface area contributed by atoms with Crippen molar-refractivity contribution in [3.05, 3.63) is 29.3 Å². The van der Waals surface area contributed by atoms with Crippen LogP contribution < -0.4 is 4.74 Å². The Morgan fingerprint density at radius 1 is 1.50 bits per heavy atom. The van der Waals surface area contributed by atoms with Crippen molar-refractivity contribution in [3.8, 4) is 5.75 Å². The predicted octanol–water partition coefficient (Wildman–Crippen LogP) is 2.69. The Balaban J connectivity index is 3.10. The van der Waals surface area contributed by atoms with Gasteiger partial charge in [0, 0.05) is 17.5 Å². The van der Waals surface area contributed by atoms with Crippen LogP contribution >= 0.6 is 0 Å². The molecule has 0 fully saturated rings. The fourth-order valence-corrected chi connectivity index (χ4v) is 1.25. The van der Waals surface area contributed by atoms with Crippen LogP contribution in [0.5, 0.6) is 5.75 Å². The van der Waals surface area contributed by atoms with Gasteiger partial charge >= 0.3 is 6.61 Å². The maximum Gasteiger partial charge on any atom is 0.387 e. The first-order valence-corrected chi connectivity index (χ1v) is 4.65. The van der Waals surface area contributed by atoms with E-state index in [-0.39, 0.29) is 29.1 Å². The summed E-state index contributed by atoms with van der Waals surface area (Å²) in [6.45, 7) is -1.33. The highest BCUT2D eigenvalue weighted by Crippen LogP contribution is 2.20. The molecule has 1 aromatic rings. The summed E-state index contributed by atoms with van der Waals surface area (Å²) in [5.74, 6) is -0.417. The summed E-state index contributed by atoms with van der Waals surface area (Å²) in [5.41, 5.74) is 0.282. The average molecular weight is 228 g/mol. The molecule has 0 aliphatic carbocycles. The van der Waals surface area contributed by atoms with Crippen LogP contribution in [0.4, 0.5) is 8.78 Å². The van der Waals surface area contributed by atoms with Gasteiger partial charge in [-0.05, 0) is 18.2 Å². The Kier molecular flexibility index (Phi) is 4.10. The van der Waals surface area contributed by atoms with Crippen LogP contribution in [0.1, 0.15) is 34.1 Å². The van der Waals surface area contributed by atoms with Crippen LogP contribution in [0.15, 0.2) is 18.2 Å². The molecular weight excluding hydrogens is 218 g/mol. The van der Waals surface area contributed by atoms with Crippen LogP contribution in [-0.2, 0) is 0 Å². The number of ketones is 1. The standard InChI is InChI=1S/C11H10F2O3/c1-2-10(15)9-5-8(16-11(12)13)4-3-7(9)6-14/h3-6,11H,2H2,1H3. The van der Waals surface area contributed by atoms with Gasteiger partial charge < -0.3 is 4.74 Å². The van der Waals surface area contributed by atoms with Crippen molar-refractivity contribution in [1.29, 1.82) is 0 Å². The minimum atomic E-state index is -2.95. The van der Waals surface area contributed by atoms with E-state index in [1.165, 1.54) is 12.1 Å². The van der Waals surface area contributed by atoms with E-state index in [1.54, 1.807) is 6.92 Å². The number of Topliss-reactive ketones (excluding diaryl/α,β-unsaturated/α-hetero) is 1. The summed E-state index contributed by atoms with van der Waals surface area (Å²) in [6, 6.07) is 3.66. The van der Waals surface area contributed by atoms with Crippen molar-refractivity contribution in [3.63, 3.8) is 0 Å². The zero-order chi connectivity index (χ0) is 12.1. The number of aldehydes is 1. The Morgan fingerprint density at radius 2 is 2.19 bits per heavy atom. The second-order valence-corrected chi connectivity index (χ2v) is 3.02. The lowest BCUT2D eigenvalue weighted by Crippen LogP contribution is -2.06. The summed E-state index contributed by atoms with van der Waals surface area (Å²) in [5, 5.41) is 0. The lowest BCUT2D eigenvalue weighted by molar-refractivity contribution is -0.0498. The summed E-state index contributed by atoms with van der Waals surface area (Å²) < 4.78 is 28.0. The van der Waals surface area contributed by atoms with Gasteiger partial charge in [0.2, 0.25) is 0 Å². The maximum atomic E-state index is 11.9. The lowest BCUT2D eigenvalue weighted by Gasteiger charge is -2.07. The zero-order valence-electron chi connectivity index (χ0n) is 8.57. The van der Waals surface area contributed by atoms with Gasteiger partial charge in [0.1, 0.15) is 5.75 Å². The van der Waals surface area contributed by atoms with E-state index >= 15 is 0 Å². The number of carbonyl (C=O) groups is 2. The fourth-order valence-electron chi connectivity index (χ4n) is 1.25. The van der Waals surface area contributed by atoms with Gasteiger partial charge in [-0.1, -0.05) is 6.92 Å². The molecule has 1 rings (SSSR count). The second kappa shape index (κ2) is 5.34. The smallest absolute Gasteiger partial charge is 0.387 e. The topological polar surface area (TPSA) is 43.4 Å². The van der Waals surface area contributed by atoms with Crippen LogP contribution in [0.25, 0.3) is 0 Å². The Bertz CT molecular complexity index is 402. The summed E-state index contributed by atoms with van der Waals surface area (Å²) in [4.78, 5) is 22.1. The number of carbonyl (C=O) groups excluding carboxylic acids is 2. The number of hydrogen-bond acceptors (Lipinski definition) is 3. The van der Waals surface area contributed by atoms with Crippen molar-refractivity contribution >= 4 is 12.1 Å².